The Hall–Kier alpha value is -1.10. The van der Waals surface area contributed by atoms with Crippen molar-refractivity contribution < 1.29 is 4.79 Å². The van der Waals surface area contributed by atoms with Crippen LogP contribution in [0.25, 0.3) is 0 Å². The first-order valence-corrected chi connectivity index (χ1v) is 7.45. The van der Waals surface area contributed by atoms with Gasteiger partial charge in [0.25, 0.3) is 0 Å². The number of nitrogens with two attached hydrogens (primary N) is 2. The first-order chi connectivity index (χ1) is 9.56. The monoisotopic (exact) mass is 297 g/mol. The molecule has 0 fully saturated rings. The lowest BCUT2D eigenvalue weighted by Gasteiger charge is -2.22. The minimum absolute atomic E-state index is 0.156. The van der Waals surface area contributed by atoms with Crippen LogP contribution in [0.1, 0.15) is 37.1 Å². The number of carbonyl (C=O) groups excluding carboxylic acids is 1. The molecule has 5 N–H and O–H groups in total. The van der Waals surface area contributed by atoms with Gasteiger partial charge in [-0.3, -0.25) is 4.79 Å². The molecule has 0 aliphatic rings. The van der Waals surface area contributed by atoms with Gasteiger partial charge in [0.1, 0.15) is 0 Å². The molecule has 4 nitrogen and oxygen atoms in total. The van der Waals surface area contributed by atoms with E-state index in [1.165, 1.54) is 0 Å². The van der Waals surface area contributed by atoms with Crippen LogP contribution < -0.4 is 16.8 Å². The third-order valence-corrected chi connectivity index (χ3v) is 3.86. The molecule has 0 saturated carbocycles. The van der Waals surface area contributed by atoms with Gasteiger partial charge in [-0.15, -0.1) is 11.6 Å². The van der Waals surface area contributed by atoms with Crippen molar-refractivity contribution in [2.75, 3.05) is 6.54 Å². The maximum atomic E-state index is 12.0. The lowest BCUT2D eigenvalue weighted by Crippen LogP contribution is -2.45. The third-order valence-electron chi connectivity index (χ3n) is 3.23. The second kappa shape index (κ2) is 8.95. The molecule has 0 aromatic heterocycles. The predicted molar refractivity (Wildman–Crippen MR) is 83.5 cm³/mol. The van der Waals surface area contributed by atoms with Gasteiger partial charge in [-0.2, -0.15) is 0 Å². The summed E-state index contributed by atoms with van der Waals surface area (Å²) in [6.07, 6.45) is 2.40. The zero-order chi connectivity index (χ0) is 15.0. The Morgan fingerprint density at radius 2 is 1.95 bits per heavy atom. The predicted octanol–water partition coefficient (Wildman–Crippen LogP) is 1.93. The first kappa shape index (κ1) is 17.0. The van der Waals surface area contributed by atoms with E-state index in [1.54, 1.807) is 0 Å². The molecule has 0 aliphatic heterocycles. The van der Waals surface area contributed by atoms with Crippen LogP contribution in [-0.4, -0.2) is 24.5 Å². The van der Waals surface area contributed by atoms with Crippen molar-refractivity contribution in [3.63, 3.8) is 0 Å². The Balaban J connectivity index is 2.44. The summed E-state index contributed by atoms with van der Waals surface area (Å²) in [5, 5.41) is 2.61. The number of carbonyl (C=O) groups is 1. The molecule has 1 rings (SSSR count). The molecule has 0 heterocycles. The lowest BCUT2D eigenvalue weighted by molar-refractivity contribution is -0.123. The average Bonchev–Trinajstić information content (AvgIpc) is 2.47. The fourth-order valence-electron chi connectivity index (χ4n) is 1.97. The van der Waals surface area contributed by atoms with E-state index >= 15 is 0 Å². The molecule has 1 amide bonds. The maximum Gasteiger partial charge on any atom is 0.237 e. The van der Waals surface area contributed by atoms with Gasteiger partial charge in [0.2, 0.25) is 5.91 Å². The van der Waals surface area contributed by atoms with E-state index in [1.807, 2.05) is 37.3 Å². The molecule has 112 valence electrons. The Labute approximate surface area is 125 Å². The summed E-state index contributed by atoms with van der Waals surface area (Å²) in [5.74, 6) is -0.156. The number of amides is 1. The second-order valence-corrected chi connectivity index (χ2v) is 5.47. The highest BCUT2D eigenvalue weighted by Crippen LogP contribution is 2.23. The zero-order valence-corrected chi connectivity index (χ0v) is 12.6. The summed E-state index contributed by atoms with van der Waals surface area (Å²) < 4.78 is 0. The Bertz CT molecular complexity index is 399. The summed E-state index contributed by atoms with van der Waals surface area (Å²) in [6, 6.07) is 9.01. The third kappa shape index (κ3) is 5.49. The quantitative estimate of drug-likeness (QED) is 0.506. The summed E-state index contributed by atoms with van der Waals surface area (Å²) in [6.45, 7) is 2.51. The van der Waals surface area contributed by atoms with Crippen LogP contribution in [0.2, 0.25) is 0 Å². The van der Waals surface area contributed by atoms with Gasteiger partial charge in [0, 0.05) is 6.04 Å². The van der Waals surface area contributed by atoms with Gasteiger partial charge in [-0.25, -0.2) is 0 Å². The number of rotatable bonds is 8. The zero-order valence-electron chi connectivity index (χ0n) is 11.9. The molecule has 0 aliphatic carbocycles. The molecule has 1 aromatic carbocycles. The molecular weight excluding hydrogens is 274 g/mol. The molecular formula is C15H24ClN3O. The van der Waals surface area contributed by atoms with Crippen LogP contribution in [0.4, 0.5) is 0 Å². The van der Waals surface area contributed by atoms with Crippen LogP contribution in [0, 0.1) is 0 Å². The maximum absolute atomic E-state index is 12.0. The van der Waals surface area contributed by atoms with Crippen molar-refractivity contribution in [1.29, 1.82) is 0 Å². The van der Waals surface area contributed by atoms with Gasteiger partial charge in [0.05, 0.1) is 11.4 Å². The van der Waals surface area contributed by atoms with Crippen molar-refractivity contribution in [3.05, 3.63) is 35.9 Å². The van der Waals surface area contributed by atoms with Crippen molar-refractivity contribution in [2.24, 2.45) is 11.5 Å². The van der Waals surface area contributed by atoms with Gasteiger partial charge < -0.3 is 16.8 Å². The Kier molecular flexibility index (Phi) is 7.59. The SMILES string of the molecule is C[C@H](NC(=O)[C@@H](N)CCCCN)C(Cl)c1ccccc1. The standard InChI is InChI=1S/C15H24ClN3O/c1-11(14(16)12-7-3-2-4-8-12)19-15(20)13(18)9-5-6-10-17/h2-4,7-8,11,13-14H,5-6,9-10,17-18H2,1H3,(H,19,20)/t11-,13-,14?/m0/s1. The normalized spacial score (nSPS) is 15.4. The number of hydrogen-bond donors (Lipinski definition) is 3. The van der Waals surface area contributed by atoms with Crippen molar-refractivity contribution in [1.82, 2.24) is 5.32 Å². The van der Waals surface area contributed by atoms with E-state index in [4.69, 9.17) is 23.1 Å². The molecule has 0 saturated heterocycles. The van der Waals surface area contributed by atoms with E-state index in [2.05, 4.69) is 5.32 Å². The summed E-state index contributed by atoms with van der Waals surface area (Å²) in [7, 11) is 0. The van der Waals surface area contributed by atoms with E-state index < -0.39 is 6.04 Å². The van der Waals surface area contributed by atoms with E-state index in [0.29, 0.717) is 13.0 Å². The highest BCUT2D eigenvalue weighted by atomic mass is 35.5. The van der Waals surface area contributed by atoms with Crippen molar-refractivity contribution >= 4 is 17.5 Å². The van der Waals surface area contributed by atoms with Crippen LogP contribution in [0.3, 0.4) is 0 Å². The number of benzene rings is 1. The molecule has 1 unspecified atom stereocenters. The number of hydrogen-bond acceptors (Lipinski definition) is 3. The van der Waals surface area contributed by atoms with E-state index in [-0.39, 0.29) is 17.3 Å². The van der Waals surface area contributed by atoms with Crippen LogP contribution in [0.5, 0.6) is 0 Å². The number of halogens is 1. The fourth-order valence-corrected chi connectivity index (χ4v) is 2.18. The minimum atomic E-state index is -0.497. The molecule has 1 aromatic rings. The van der Waals surface area contributed by atoms with Crippen LogP contribution in [0.15, 0.2) is 30.3 Å². The van der Waals surface area contributed by atoms with Crippen molar-refractivity contribution in [3.8, 4) is 0 Å². The van der Waals surface area contributed by atoms with E-state index in [9.17, 15) is 4.79 Å². The number of unbranched alkanes of at least 4 members (excludes halogenated alkanes) is 1. The smallest absolute Gasteiger partial charge is 0.237 e. The average molecular weight is 298 g/mol. The lowest BCUT2D eigenvalue weighted by atomic mass is 10.1. The molecule has 0 bridgehead atoms. The highest BCUT2D eigenvalue weighted by molar-refractivity contribution is 6.21. The molecule has 0 radical (unpaired) electrons. The first-order valence-electron chi connectivity index (χ1n) is 7.01. The Morgan fingerprint density at radius 1 is 1.30 bits per heavy atom. The van der Waals surface area contributed by atoms with Crippen LogP contribution >= 0.6 is 11.6 Å². The van der Waals surface area contributed by atoms with Crippen molar-refractivity contribution in [2.45, 2.75) is 43.6 Å². The topological polar surface area (TPSA) is 81.1 Å². The summed E-state index contributed by atoms with van der Waals surface area (Å²) in [4.78, 5) is 12.0. The Morgan fingerprint density at radius 3 is 2.55 bits per heavy atom. The van der Waals surface area contributed by atoms with Gasteiger partial charge in [-0.05, 0) is 31.9 Å². The van der Waals surface area contributed by atoms with Crippen LogP contribution in [-0.2, 0) is 4.79 Å². The fraction of sp³-hybridized carbons (Fsp3) is 0.533. The molecule has 5 heteroatoms. The molecule has 0 spiro atoms. The molecule has 3 atom stereocenters. The van der Waals surface area contributed by atoms with Gasteiger partial charge in [0.15, 0.2) is 0 Å². The number of alkyl halides is 1. The molecule has 20 heavy (non-hydrogen) atoms. The minimum Gasteiger partial charge on any atom is -0.350 e. The van der Waals surface area contributed by atoms with Gasteiger partial charge >= 0.3 is 0 Å². The summed E-state index contributed by atoms with van der Waals surface area (Å²) in [5.41, 5.74) is 12.3. The highest BCUT2D eigenvalue weighted by Gasteiger charge is 2.21. The largest absolute Gasteiger partial charge is 0.350 e. The second-order valence-electron chi connectivity index (χ2n) is 5.00. The van der Waals surface area contributed by atoms with Gasteiger partial charge in [-0.1, -0.05) is 36.8 Å². The number of nitrogens with one attached hydrogen (secondary N) is 1. The van der Waals surface area contributed by atoms with E-state index in [0.717, 1.165) is 18.4 Å². The summed E-state index contributed by atoms with van der Waals surface area (Å²) >= 11 is 6.36.